The number of nitrogens with one attached hydrogen (secondary N) is 2. The molecule has 0 aliphatic carbocycles. The highest BCUT2D eigenvalue weighted by Gasteiger charge is 2.34. The van der Waals surface area contributed by atoms with E-state index in [1.807, 2.05) is 18.2 Å². The average molecular weight is 466 g/mol. The third-order valence-corrected chi connectivity index (χ3v) is 7.33. The molecular formula is C25H27N3O4S. The van der Waals surface area contributed by atoms with Crippen molar-refractivity contribution in [3.8, 4) is 17.2 Å². The van der Waals surface area contributed by atoms with Gasteiger partial charge in [0.15, 0.2) is 11.5 Å². The quantitative estimate of drug-likeness (QED) is 0.569. The second-order valence-corrected chi connectivity index (χ2v) is 9.27. The number of ether oxygens (including phenoxy) is 3. The van der Waals surface area contributed by atoms with E-state index in [0.717, 1.165) is 42.2 Å². The number of hydrogen-bond donors (Lipinski definition) is 2. The molecule has 1 atom stereocenters. The van der Waals surface area contributed by atoms with E-state index in [4.69, 9.17) is 14.2 Å². The average Bonchev–Trinajstić information content (AvgIpc) is 3.21. The minimum Gasteiger partial charge on any atom is -0.493 e. The molecule has 0 fully saturated rings. The number of nitrogens with zero attached hydrogens (tertiary/aromatic N) is 1. The topological polar surface area (TPSA) is 72.1 Å². The minimum atomic E-state index is -0.390. The Morgan fingerprint density at radius 2 is 1.76 bits per heavy atom. The van der Waals surface area contributed by atoms with Gasteiger partial charge in [0.25, 0.3) is 5.91 Å². The van der Waals surface area contributed by atoms with E-state index in [2.05, 4.69) is 39.8 Å². The molecule has 8 heteroatoms. The van der Waals surface area contributed by atoms with Crippen LogP contribution in [0.2, 0.25) is 0 Å². The number of fused-ring (bicyclic) bond motifs is 3. The van der Waals surface area contributed by atoms with Crippen LogP contribution < -0.4 is 24.8 Å². The van der Waals surface area contributed by atoms with E-state index in [9.17, 15) is 4.79 Å². The molecule has 0 spiro atoms. The first-order valence-electron chi connectivity index (χ1n) is 10.9. The van der Waals surface area contributed by atoms with E-state index in [1.165, 1.54) is 16.0 Å². The Kier molecular flexibility index (Phi) is 5.86. The summed E-state index contributed by atoms with van der Waals surface area (Å²) in [5.74, 6) is 1.58. The second kappa shape index (κ2) is 8.96. The predicted molar refractivity (Wildman–Crippen MR) is 129 cm³/mol. The molecule has 5 rings (SSSR count). The molecular weight excluding hydrogens is 438 g/mol. The zero-order valence-electron chi connectivity index (χ0n) is 18.9. The summed E-state index contributed by atoms with van der Waals surface area (Å²) in [5, 5.41) is 7.55. The van der Waals surface area contributed by atoms with Crippen LogP contribution in [0.25, 0.3) is 0 Å². The monoisotopic (exact) mass is 465 g/mol. The van der Waals surface area contributed by atoms with Crippen LogP contribution in [0, 0.1) is 0 Å². The van der Waals surface area contributed by atoms with Crippen LogP contribution in [-0.4, -0.2) is 38.7 Å². The summed E-state index contributed by atoms with van der Waals surface area (Å²) < 4.78 is 16.4. The summed E-state index contributed by atoms with van der Waals surface area (Å²) in [6.07, 6.45) is 0.483. The van der Waals surface area contributed by atoms with Gasteiger partial charge in [-0.25, -0.2) is 0 Å². The summed E-state index contributed by atoms with van der Waals surface area (Å²) in [5.41, 5.74) is 4.10. The molecule has 2 N–H and O–H groups in total. The van der Waals surface area contributed by atoms with Crippen molar-refractivity contribution in [2.75, 3.05) is 33.2 Å². The van der Waals surface area contributed by atoms with Crippen molar-refractivity contribution in [2.45, 2.75) is 25.7 Å². The van der Waals surface area contributed by atoms with E-state index in [0.29, 0.717) is 17.2 Å². The van der Waals surface area contributed by atoms with Crippen LogP contribution in [0.1, 0.15) is 38.1 Å². The minimum absolute atomic E-state index is 0.0449. The standard InChI is InChI=1S/C25H27N3O4S/c1-30-18-11-16(12-19(31-2)22(18)32-3)23-26-24(29)21-17-9-10-28(13-15-7-5-4-6-8-15)14-20(17)33-25(21)27-23/h4-8,11-12,23,27H,9-10,13-14H2,1-3H3,(H,26,29)/t23-/m0/s1. The first kappa shape index (κ1) is 21.6. The number of methoxy groups -OCH3 is 3. The van der Waals surface area contributed by atoms with Crippen LogP contribution in [-0.2, 0) is 19.5 Å². The number of thiophene rings is 1. The maximum atomic E-state index is 13.2. The molecule has 0 saturated carbocycles. The number of carbonyl (C=O) groups is 1. The first-order chi connectivity index (χ1) is 16.1. The SMILES string of the molecule is COc1cc([C@H]2NC(=O)c3c(sc4c3CCN(Cc3ccccc3)C4)N2)cc(OC)c1OC. The number of carbonyl (C=O) groups excluding carboxylic acids is 1. The van der Waals surface area contributed by atoms with Gasteiger partial charge in [-0.05, 0) is 29.7 Å². The van der Waals surface area contributed by atoms with Gasteiger partial charge in [-0.1, -0.05) is 30.3 Å². The maximum Gasteiger partial charge on any atom is 0.256 e. The van der Waals surface area contributed by atoms with Crippen molar-refractivity contribution in [1.29, 1.82) is 0 Å². The molecule has 0 bridgehead atoms. The van der Waals surface area contributed by atoms with Gasteiger partial charge in [-0.2, -0.15) is 0 Å². The molecule has 0 saturated heterocycles. The van der Waals surface area contributed by atoms with Crippen molar-refractivity contribution in [3.63, 3.8) is 0 Å². The lowest BCUT2D eigenvalue weighted by atomic mass is 9.99. The first-order valence-corrected chi connectivity index (χ1v) is 11.7. The van der Waals surface area contributed by atoms with Crippen LogP contribution in [0.4, 0.5) is 5.00 Å². The smallest absolute Gasteiger partial charge is 0.256 e. The molecule has 1 amide bonds. The third-order valence-electron chi connectivity index (χ3n) is 6.18. The lowest BCUT2D eigenvalue weighted by Gasteiger charge is -2.29. The largest absolute Gasteiger partial charge is 0.493 e. The fraction of sp³-hybridized carbons (Fsp3) is 0.320. The number of hydrogen-bond acceptors (Lipinski definition) is 7. The summed E-state index contributed by atoms with van der Waals surface area (Å²) in [6, 6.07) is 14.2. The predicted octanol–water partition coefficient (Wildman–Crippen LogP) is 4.19. The number of anilines is 1. The molecule has 7 nitrogen and oxygen atoms in total. The molecule has 33 heavy (non-hydrogen) atoms. The highest BCUT2D eigenvalue weighted by molar-refractivity contribution is 7.16. The number of rotatable bonds is 6. The van der Waals surface area contributed by atoms with Gasteiger partial charge in [-0.3, -0.25) is 9.69 Å². The molecule has 3 heterocycles. The lowest BCUT2D eigenvalue weighted by molar-refractivity contribution is 0.0934. The third kappa shape index (κ3) is 4.00. The van der Waals surface area contributed by atoms with Gasteiger partial charge in [-0.15, -0.1) is 11.3 Å². The number of amides is 1. The fourth-order valence-electron chi connectivity index (χ4n) is 4.58. The molecule has 0 radical (unpaired) electrons. The lowest BCUT2D eigenvalue weighted by Crippen LogP contribution is -2.38. The van der Waals surface area contributed by atoms with Gasteiger partial charge in [0.05, 0.1) is 26.9 Å². The molecule has 2 aliphatic heterocycles. The summed E-state index contributed by atoms with van der Waals surface area (Å²) in [7, 11) is 4.74. The summed E-state index contributed by atoms with van der Waals surface area (Å²) in [6.45, 7) is 2.71. The van der Waals surface area contributed by atoms with Gasteiger partial charge in [0, 0.05) is 30.1 Å². The Morgan fingerprint density at radius 1 is 1.03 bits per heavy atom. The molecule has 172 valence electrons. The highest BCUT2D eigenvalue weighted by Crippen LogP contribution is 2.44. The summed E-state index contributed by atoms with van der Waals surface area (Å²) >= 11 is 1.68. The maximum absolute atomic E-state index is 13.2. The van der Waals surface area contributed by atoms with Crippen molar-refractivity contribution >= 4 is 22.2 Å². The van der Waals surface area contributed by atoms with Gasteiger partial charge in [0.1, 0.15) is 11.2 Å². The Balaban J connectivity index is 1.40. The second-order valence-electron chi connectivity index (χ2n) is 8.16. The van der Waals surface area contributed by atoms with E-state index >= 15 is 0 Å². The Labute approximate surface area is 197 Å². The van der Waals surface area contributed by atoms with Crippen molar-refractivity contribution in [1.82, 2.24) is 10.2 Å². The van der Waals surface area contributed by atoms with Crippen LogP contribution in [0.15, 0.2) is 42.5 Å². The summed E-state index contributed by atoms with van der Waals surface area (Å²) in [4.78, 5) is 16.9. The van der Waals surface area contributed by atoms with Crippen molar-refractivity contribution in [3.05, 3.63) is 69.6 Å². The highest BCUT2D eigenvalue weighted by atomic mass is 32.1. The van der Waals surface area contributed by atoms with Crippen LogP contribution in [0.3, 0.4) is 0 Å². The molecule has 0 unspecified atom stereocenters. The van der Waals surface area contributed by atoms with Crippen molar-refractivity contribution < 1.29 is 19.0 Å². The Hall–Kier alpha value is -3.23. The fourth-order valence-corrected chi connectivity index (χ4v) is 5.90. The Bertz CT molecular complexity index is 1150. The van der Waals surface area contributed by atoms with Gasteiger partial charge < -0.3 is 24.8 Å². The van der Waals surface area contributed by atoms with Crippen molar-refractivity contribution in [2.24, 2.45) is 0 Å². The van der Waals surface area contributed by atoms with Gasteiger partial charge >= 0.3 is 0 Å². The molecule has 2 aromatic carbocycles. The van der Waals surface area contributed by atoms with Crippen LogP contribution >= 0.6 is 11.3 Å². The molecule has 3 aromatic rings. The normalized spacial score (nSPS) is 17.4. The zero-order chi connectivity index (χ0) is 22.9. The van der Waals surface area contributed by atoms with Crippen LogP contribution in [0.5, 0.6) is 17.2 Å². The molecule has 2 aliphatic rings. The van der Waals surface area contributed by atoms with E-state index in [1.54, 1.807) is 32.7 Å². The van der Waals surface area contributed by atoms with E-state index in [-0.39, 0.29) is 12.1 Å². The molecule has 1 aromatic heterocycles. The zero-order valence-corrected chi connectivity index (χ0v) is 19.8. The number of benzene rings is 2. The Morgan fingerprint density at radius 3 is 2.42 bits per heavy atom. The van der Waals surface area contributed by atoms with Gasteiger partial charge in [0.2, 0.25) is 5.75 Å². The van der Waals surface area contributed by atoms with E-state index < -0.39 is 0 Å².